The number of hydrogen-bond donors (Lipinski definition) is 2. The van der Waals surface area contributed by atoms with E-state index in [1.165, 1.54) is 12.8 Å². The Bertz CT molecular complexity index is 642. The second kappa shape index (κ2) is 14.4. The molecule has 2 N–H and O–H groups in total. The van der Waals surface area contributed by atoms with Gasteiger partial charge in [-0.25, -0.2) is 4.99 Å². The van der Waals surface area contributed by atoms with Crippen LogP contribution in [0.3, 0.4) is 0 Å². The van der Waals surface area contributed by atoms with Gasteiger partial charge in [0.1, 0.15) is 6.61 Å². The van der Waals surface area contributed by atoms with Crippen molar-refractivity contribution in [3.8, 4) is 23.8 Å². The van der Waals surface area contributed by atoms with Crippen molar-refractivity contribution >= 4 is 29.9 Å². The number of terminal acetylenes is 1. The molecule has 7 heteroatoms. The minimum Gasteiger partial charge on any atom is -0.493 e. The quantitative estimate of drug-likeness (QED) is 0.152. The smallest absolute Gasteiger partial charge is 0.191 e. The molecule has 0 aliphatic heterocycles. The third kappa shape index (κ3) is 9.51. The minimum atomic E-state index is 0. The zero-order valence-electron chi connectivity index (χ0n) is 16.8. The van der Waals surface area contributed by atoms with Crippen molar-refractivity contribution < 1.29 is 14.2 Å². The van der Waals surface area contributed by atoms with Gasteiger partial charge < -0.3 is 24.8 Å². The first-order chi connectivity index (χ1) is 13.3. The zero-order chi connectivity index (χ0) is 19.3. The largest absolute Gasteiger partial charge is 0.493 e. The molecule has 6 nitrogen and oxygen atoms in total. The molecule has 0 saturated heterocycles. The fourth-order valence-corrected chi connectivity index (χ4v) is 2.48. The summed E-state index contributed by atoms with van der Waals surface area (Å²) in [5.74, 6) is 5.37. The maximum atomic E-state index is 5.66. The lowest BCUT2D eigenvalue weighted by Crippen LogP contribution is -2.38. The summed E-state index contributed by atoms with van der Waals surface area (Å²) in [5, 5.41) is 6.60. The number of rotatable bonds is 12. The molecule has 0 aromatic heterocycles. The van der Waals surface area contributed by atoms with Crippen LogP contribution in [0, 0.1) is 18.3 Å². The molecule has 0 amide bonds. The highest BCUT2D eigenvalue weighted by Gasteiger charge is 2.20. The number of nitrogens with zero attached hydrogens (tertiary/aromatic N) is 1. The van der Waals surface area contributed by atoms with Crippen LogP contribution in [0.25, 0.3) is 0 Å². The third-order valence-electron chi connectivity index (χ3n) is 4.11. The van der Waals surface area contributed by atoms with Gasteiger partial charge in [-0.05, 0) is 49.8 Å². The van der Waals surface area contributed by atoms with E-state index in [0.29, 0.717) is 18.0 Å². The zero-order valence-corrected chi connectivity index (χ0v) is 19.2. The van der Waals surface area contributed by atoms with Crippen LogP contribution in [0.5, 0.6) is 11.5 Å². The Morgan fingerprint density at radius 1 is 1.29 bits per heavy atom. The normalized spacial score (nSPS) is 13.2. The van der Waals surface area contributed by atoms with E-state index in [4.69, 9.17) is 20.6 Å². The topological polar surface area (TPSA) is 64.1 Å². The van der Waals surface area contributed by atoms with E-state index >= 15 is 0 Å². The van der Waals surface area contributed by atoms with Crippen LogP contribution in [0.1, 0.15) is 31.7 Å². The average Bonchev–Trinajstić information content (AvgIpc) is 3.51. The molecular formula is C21H32IN3O3. The second-order valence-electron chi connectivity index (χ2n) is 6.47. The summed E-state index contributed by atoms with van der Waals surface area (Å²) in [5.41, 5.74) is 1.02. The summed E-state index contributed by atoms with van der Waals surface area (Å²) >= 11 is 0. The highest BCUT2D eigenvalue weighted by molar-refractivity contribution is 14.0. The molecule has 0 radical (unpaired) electrons. The van der Waals surface area contributed by atoms with Gasteiger partial charge in [0.2, 0.25) is 0 Å². The highest BCUT2D eigenvalue weighted by atomic mass is 127. The van der Waals surface area contributed by atoms with Crippen molar-refractivity contribution in [3.05, 3.63) is 23.8 Å². The number of benzene rings is 1. The fraction of sp³-hybridized carbons (Fsp3) is 0.571. The predicted molar refractivity (Wildman–Crippen MR) is 124 cm³/mol. The number of methoxy groups -OCH3 is 1. The van der Waals surface area contributed by atoms with Crippen LogP contribution >= 0.6 is 24.0 Å². The minimum absolute atomic E-state index is 0. The Labute approximate surface area is 185 Å². The van der Waals surface area contributed by atoms with E-state index in [-0.39, 0.29) is 30.6 Å². The molecule has 156 valence electrons. The van der Waals surface area contributed by atoms with E-state index in [0.717, 1.165) is 50.2 Å². The highest BCUT2D eigenvalue weighted by Crippen LogP contribution is 2.29. The number of nitrogens with one attached hydrogen (secondary N) is 2. The molecular weight excluding hydrogens is 469 g/mol. The molecule has 1 aromatic carbocycles. The Balaban J connectivity index is 0.00000392. The van der Waals surface area contributed by atoms with Crippen LogP contribution in [0.4, 0.5) is 0 Å². The molecule has 1 saturated carbocycles. The second-order valence-corrected chi connectivity index (χ2v) is 6.47. The number of halogens is 1. The van der Waals surface area contributed by atoms with Gasteiger partial charge >= 0.3 is 0 Å². The molecule has 1 aromatic rings. The average molecular weight is 501 g/mol. The van der Waals surface area contributed by atoms with Crippen molar-refractivity contribution in [2.75, 3.05) is 40.0 Å². The number of guanidine groups is 1. The van der Waals surface area contributed by atoms with E-state index in [1.807, 2.05) is 18.2 Å². The summed E-state index contributed by atoms with van der Waals surface area (Å²) in [7, 11) is 1.61. The first-order valence-corrected chi connectivity index (χ1v) is 9.60. The molecule has 0 atom stereocenters. The van der Waals surface area contributed by atoms with Crippen molar-refractivity contribution in [2.45, 2.75) is 32.7 Å². The van der Waals surface area contributed by atoms with Crippen LogP contribution in [-0.2, 0) is 11.3 Å². The maximum Gasteiger partial charge on any atom is 0.191 e. The Kier molecular flexibility index (Phi) is 12.5. The van der Waals surface area contributed by atoms with Gasteiger partial charge in [0, 0.05) is 26.3 Å². The predicted octanol–water partition coefficient (Wildman–Crippen LogP) is 3.20. The first-order valence-electron chi connectivity index (χ1n) is 9.60. The molecule has 1 fully saturated rings. The van der Waals surface area contributed by atoms with Crippen molar-refractivity contribution in [1.29, 1.82) is 0 Å². The number of ether oxygens (including phenoxy) is 3. The molecule has 0 bridgehead atoms. The van der Waals surface area contributed by atoms with Gasteiger partial charge in [-0.3, -0.25) is 0 Å². The maximum absolute atomic E-state index is 5.66. The Hall–Kier alpha value is -1.66. The summed E-state index contributed by atoms with van der Waals surface area (Å²) in [4.78, 5) is 4.63. The molecule has 1 aliphatic rings. The standard InChI is InChI=1S/C21H31N3O3.HI/c1-4-12-27-20-14-18(9-10-19(20)25-3)15-24-21(22-5-2)23-11-6-13-26-16-17-7-8-17;/h1,9-10,14,17H,5-8,11-13,15-16H2,2-3H3,(H2,22,23,24);1H. The lowest BCUT2D eigenvalue weighted by atomic mass is 10.2. The van der Waals surface area contributed by atoms with Gasteiger partial charge in [0.25, 0.3) is 0 Å². The van der Waals surface area contributed by atoms with Crippen molar-refractivity contribution in [3.63, 3.8) is 0 Å². The monoisotopic (exact) mass is 501 g/mol. The fourth-order valence-electron chi connectivity index (χ4n) is 2.48. The molecule has 0 unspecified atom stereocenters. The molecule has 2 rings (SSSR count). The SMILES string of the molecule is C#CCOc1cc(CN=C(NCC)NCCCOCC2CC2)ccc1OC.I. The Morgan fingerprint density at radius 3 is 2.79 bits per heavy atom. The van der Waals surface area contributed by atoms with Crippen molar-refractivity contribution in [1.82, 2.24) is 10.6 Å². The van der Waals surface area contributed by atoms with E-state index in [2.05, 4.69) is 28.5 Å². The van der Waals surface area contributed by atoms with Gasteiger partial charge in [-0.1, -0.05) is 12.0 Å². The third-order valence-corrected chi connectivity index (χ3v) is 4.11. The Morgan fingerprint density at radius 2 is 2.11 bits per heavy atom. The van der Waals surface area contributed by atoms with Gasteiger partial charge in [-0.2, -0.15) is 0 Å². The molecule has 1 aliphatic carbocycles. The summed E-state index contributed by atoms with van der Waals surface area (Å²) in [6, 6.07) is 5.75. The summed E-state index contributed by atoms with van der Waals surface area (Å²) in [6.07, 6.45) is 8.89. The van der Waals surface area contributed by atoms with E-state index in [9.17, 15) is 0 Å². The lowest BCUT2D eigenvalue weighted by molar-refractivity contribution is 0.123. The number of aliphatic imine (C=N–C) groups is 1. The van der Waals surface area contributed by atoms with Gasteiger partial charge in [0.15, 0.2) is 17.5 Å². The molecule has 0 heterocycles. The van der Waals surface area contributed by atoms with Crippen molar-refractivity contribution in [2.24, 2.45) is 10.9 Å². The summed E-state index contributed by atoms with van der Waals surface area (Å²) in [6.45, 7) is 6.13. The first kappa shape index (κ1) is 24.4. The van der Waals surface area contributed by atoms with E-state index < -0.39 is 0 Å². The van der Waals surface area contributed by atoms with Crippen LogP contribution < -0.4 is 20.1 Å². The molecule has 0 spiro atoms. The van der Waals surface area contributed by atoms with Crippen LogP contribution in [-0.4, -0.2) is 46.0 Å². The number of hydrogen-bond acceptors (Lipinski definition) is 4. The van der Waals surface area contributed by atoms with Crippen LogP contribution in [0.15, 0.2) is 23.2 Å². The van der Waals surface area contributed by atoms with E-state index in [1.54, 1.807) is 7.11 Å². The van der Waals surface area contributed by atoms with Gasteiger partial charge in [0.05, 0.1) is 13.7 Å². The summed E-state index contributed by atoms with van der Waals surface area (Å²) < 4.78 is 16.5. The lowest BCUT2D eigenvalue weighted by Gasteiger charge is -2.12. The van der Waals surface area contributed by atoms with Crippen LogP contribution in [0.2, 0.25) is 0 Å². The van der Waals surface area contributed by atoms with Gasteiger partial charge in [-0.15, -0.1) is 30.4 Å². The molecule has 28 heavy (non-hydrogen) atoms.